The van der Waals surface area contributed by atoms with Crippen LogP contribution in [0.15, 0.2) is 58.1 Å². The molecule has 0 radical (unpaired) electrons. The highest BCUT2D eigenvalue weighted by Gasteiger charge is 2.17. The van der Waals surface area contributed by atoms with Gasteiger partial charge in [0, 0.05) is 24.3 Å². The van der Waals surface area contributed by atoms with Crippen LogP contribution in [0, 0.1) is 6.92 Å². The third-order valence-corrected chi connectivity index (χ3v) is 4.13. The predicted octanol–water partition coefficient (Wildman–Crippen LogP) is 3.44. The second-order valence-electron chi connectivity index (χ2n) is 5.82. The molecule has 3 aromatic heterocycles. The van der Waals surface area contributed by atoms with Crippen LogP contribution in [0.1, 0.15) is 12.5 Å². The molecule has 0 unspecified atom stereocenters. The van der Waals surface area contributed by atoms with Crippen molar-refractivity contribution in [2.75, 3.05) is 0 Å². The molecule has 6 nitrogen and oxygen atoms in total. The van der Waals surface area contributed by atoms with Gasteiger partial charge in [0.1, 0.15) is 11.3 Å². The Hall–Kier alpha value is -3.28. The first kappa shape index (κ1) is 15.3. The Kier molecular flexibility index (Phi) is 3.65. The number of benzene rings is 1. The van der Waals surface area contributed by atoms with Crippen LogP contribution in [0.3, 0.4) is 0 Å². The van der Waals surface area contributed by atoms with Crippen LogP contribution in [0.5, 0.6) is 0 Å². The van der Waals surface area contributed by atoms with Gasteiger partial charge in [-0.15, -0.1) is 0 Å². The number of fused-ring (bicyclic) bond motifs is 1. The van der Waals surface area contributed by atoms with E-state index >= 15 is 0 Å². The molecule has 4 rings (SSSR count). The molecule has 6 heteroatoms. The zero-order valence-corrected chi connectivity index (χ0v) is 13.9. The van der Waals surface area contributed by atoms with Crippen LogP contribution in [0.25, 0.3) is 33.9 Å². The first-order valence-corrected chi connectivity index (χ1v) is 8.06. The average Bonchev–Trinajstić information content (AvgIpc) is 3.13. The molecule has 3 heterocycles. The first-order chi connectivity index (χ1) is 12.2. The Morgan fingerprint density at radius 1 is 1.20 bits per heavy atom. The molecule has 124 valence electrons. The summed E-state index contributed by atoms with van der Waals surface area (Å²) in [7, 11) is 0. The third kappa shape index (κ3) is 2.61. The van der Waals surface area contributed by atoms with E-state index in [9.17, 15) is 4.79 Å². The van der Waals surface area contributed by atoms with E-state index in [-0.39, 0.29) is 11.3 Å². The third-order valence-electron chi connectivity index (χ3n) is 4.13. The predicted molar refractivity (Wildman–Crippen MR) is 95.1 cm³/mol. The SMILES string of the molecule is CCn1cc(-c2nc(-c3ccccn3)no2)c(=O)c2cc(C)ccc21. The van der Waals surface area contributed by atoms with Gasteiger partial charge in [0.15, 0.2) is 0 Å². The summed E-state index contributed by atoms with van der Waals surface area (Å²) in [5.74, 6) is 0.568. The Labute approximate surface area is 143 Å². The summed E-state index contributed by atoms with van der Waals surface area (Å²) in [6.45, 7) is 4.72. The molecule has 0 atom stereocenters. The van der Waals surface area contributed by atoms with Crippen molar-refractivity contribution in [2.24, 2.45) is 0 Å². The summed E-state index contributed by atoms with van der Waals surface area (Å²) in [5.41, 5.74) is 2.81. The molecule has 0 aliphatic carbocycles. The number of rotatable bonds is 3. The largest absolute Gasteiger partial charge is 0.347 e. The molecule has 4 aromatic rings. The lowest BCUT2D eigenvalue weighted by molar-refractivity contribution is 0.431. The number of hydrogen-bond donors (Lipinski definition) is 0. The van der Waals surface area contributed by atoms with E-state index in [1.165, 1.54) is 0 Å². The molecular formula is C19H16N4O2. The molecule has 0 fully saturated rings. The number of hydrogen-bond acceptors (Lipinski definition) is 5. The average molecular weight is 332 g/mol. The van der Waals surface area contributed by atoms with E-state index in [1.54, 1.807) is 18.5 Å². The zero-order chi connectivity index (χ0) is 17.4. The van der Waals surface area contributed by atoms with Crippen LogP contribution in [0.4, 0.5) is 0 Å². The second kappa shape index (κ2) is 5.98. The van der Waals surface area contributed by atoms with E-state index < -0.39 is 0 Å². The number of aromatic nitrogens is 4. The van der Waals surface area contributed by atoms with Crippen LogP contribution >= 0.6 is 0 Å². The van der Waals surface area contributed by atoms with Gasteiger partial charge in [-0.2, -0.15) is 4.98 Å². The first-order valence-electron chi connectivity index (χ1n) is 8.06. The van der Waals surface area contributed by atoms with E-state index in [0.717, 1.165) is 17.6 Å². The van der Waals surface area contributed by atoms with Crippen molar-refractivity contribution in [3.8, 4) is 23.0 Å². The topological polar surface area (TPSA) is 73.8 Å². The van der Waals surface area contributed by atoms with E-state index in [0.29, 0.717) is 22.5 Å². The van der Waals surface area contributed by atoms with Crippen molar-refractivity contribution in [2.45, 2.75) is 20.4 Å². The van der Waals surface area contributed by atoms with Crippen molar-refractivity contribution in [3.63, 3.8) is 0 Å². The van der Waals surface area contributed by atoms with E-state index in [1.807, 2.05) is 48.7 Å². The van der Waals surface area contributed by atoms with Gasteiger partial charge in [-0.3, -0.25) is 9.78 Å². The van der Waals surface area contributed by atoms with Gasteiger partial charge in [0.2, 0.25) is 11.3 Å². The molecule has 0 spiro atoms. The summed E-state index contributed by atoms with van der Waals surface area (Å²) < 4.78 is 7.36. The smallest absolute Gasteiger partial charge is 0.263 e. The highest BCUT2D eigenvalue weighted by molar-refractivity contribution is 5.83. The highest BCUT2D eigenvalue weighted by Crippen LogP contribution is 2.22. The summed E-state index contributed by atoms with van der Waals surface area (Å²) >= 11 is 0. The van der Waals surface area contributed by atoms with Gasteiger partial charge < -0.3 is 9.09 Å². The van der Waals surface area contributed by atoms with Gasteiger partial charge in [0.25, 0.3) is 5.89 Å². The van der Waals surface area contributed by atoms with Crippen molar-refractivity contribution >= 4 is 10.9 Å². The van der Waals surface area contributed by atoms with Crippen LogP contribution < -0.4 is 5.43 Å². The molecule has 25 heavy (non-hydrogen) atoms. The molecule has 0 amide bonds. The Morgan fingerprint density at radius 2 is 2.08 bits per heavy atom. The normalized spacial score (nSPS) is 11.1. The molecule has 1 aromatic carbocycles. The van der Waals surface area contributed by atoms with Crippen LogP contribution in [0.2, 0.25) is 0 Å². The fourth-order valence-electron chi connectivity index (χ4n) is 2.86. The molecule has 0 saturated heterocycles. The Balaban J connectivity index is 1.91. The summed E-state index contributed by atoms with van der Waals surface area (Å²) in [6.07, 6.45) is 3.43. The standard InChI is InChI=1S/C19H16N4O2/c1-3-23-11-14(17(24)13-10-12(2)7-8-16(13)23)19-21-18(22-25-19)15-6-4-5-9-20-15/h4-11H,3H2,1-2H3. The maximum absolute atomic E-state index is 12.9. The molecule has 0 N–H and O–H groups in total. The maximum Gasteiger partial charge on any atom is 0.263 e. The zero-order valence-electron chi connectivity index (χ0n) is 13.9. The van der Waals surface area contributed by atoms with Gasteiger partial charge in [-0.05, 0) is 38.1 Å². The number of aryl methyl sites for hydroxylation is 2. The lowest BCUT2D eigenvalue weighted by Crippen LogP contribution is -2.12. The van der Waals surface area contributed by atoms with Gasteiger partial charge >= 0.3 is 0 Å². The quantitative estimate of drug-likeness (QED) is 0.574. The minimum Gasteiger partial charge on any atom is -0.347 e. The highest BCUT2D eigenvalue weighted by atomic mass is 16.5. The molecule has 0 bridgehead atoms. The van der Waals surface area contributed by atoms with Crippen molar-refractivity contribution in [1.82, 2.24) is 19.7 Å². The summed E-state index contributed by atoms with van der Waals surface area (Å²) in [4.78, 5) is 21.5. The van der Waals surface area contributed by atoms with Crippen molar-refractivity contribution < 1.29 is 4.52 Å². The van der Waals surface area contributed by atoms with Crippen molar-refractivity contribution in [3.05, 3.63) is 64.6 Å². The van der Waals surface area contributed by atoms with Crippen molar-refractivity contribution in [1.29, 1.82) is 0 Å². The van der Waals surface area contributed by atoms with Crippen LogP contribution in [-0.2, 0) is 6.54 Å². The summed E-state index contributed by atoms with van der Waals surface area (Å²) in [6, 6.07) is 11.3. The summed E-state index contributed by atoms with van der Waals surface area (Å²) in [5, 5.41) is 4.61. The molecule has 0 aliphatic rings. The molecular weight excluding hydrogens is 316 g/mol. The molecule has 0 saturated carbocycles. The fraction of sp³-hybridized carbons (Fsp3) is 0.158. The van der Waals surface area contributed by atoms with Gasteiger partial charge in [-0.1, -0.05) is 22.9 Å². The monoisotopic (exact) mass is 332 g/mol. The fourth-order valence-corrected chi connectivity index (χ4v) is 2.86. The Bertz CT molecular complexity index is 1110. The minimum atomic E-state index is -0.111. The number of pyridine rings is 2. The lowest BCUT2D eigenvalue weighted by Gasteiger charge is -2.10. The van der Waals surface area contributed by atoms with Gasteiger partial charge in [0.05, 0.1) is 5.52 Å². The Morgan fingerprint density at radius 3 is 2.84 bits per heavy atom. The molecule has 0 aliphatic heterocycles. The van der Waals surface area contributed by atoms with Gasteiger partial charge in [-0.25, -0.2) is 0 Å². The second-order valence-corrected chi connectivity index (χ2v) is 5.82. The minimum absolute atomic E-state index is 0.111. The lowest BCUT2D eigenvalue weighted by atomic mass is 10.1. The van der Waals surface area contributed by atoms with E-state index in [4.69, 9.17) is 4.52 Å². The van der Waals surface area contributed by atoms with E-state index in [2.05, 4.69) is 15.1 Å². The number of nitrogens with zero attached hydrogens (tertiary/aromatic N) is 4. The van der Waals surface area contributed by atoms with Crippen LogP contribution in [-0.4, -0.2) is 19.7 Å². The maximum atomic E-state index is 12.9.